The molecule has 1 atom stereocenters. The first-order valence-corrected chi connectivity index (χ1v) is 24.5. The second-order valence-electron chi connectivity index (χ2n) is 17.1. The van der Waals surface area contributed by atoms with E-state index in [9.17, 15) is 24.6 Å². The Balaban J connectivity index is 4.63. The van der Waals surface area contributed by atoms with Crippen molar-refractivity contribution in [3.8, 4) is 0 Å². The fourth-order valence-corrected chi connectivity index (χ4v) is 7.81. The topological polar surface area (TPSA) is 101 Å². The van der Waals surface area contributed by atoms with Crippen LogP contribution < -0.4 is 0 Å². The van der Waals surface area contributed by atoms with E-state index >= 15 is 0 Å². The number of ether oxygens (including phenoxy) is 1. The average molecular weight is 779 g/mol. The number of aliphatic hydroxyl groups excluding tert-OH is 1. The number of Topliss-reactive ketones (excluding diaryl/α,β-unsaturated/α-hetero) is 2. The monoisotopic (exact) mass is 779 g/mol. The molecule has 0 saturated heterocycles. The average Bonchev–Trinajstić information content (AvgIpc) is 3.18. The molecule has 0 aromatic heterocycles. The van der Waals surface area contributed by atoms with Gasteiger partial charge in [0.05, 0.1) is 0 Å². The number of hydrogen-bond acceptors (Lipinski definition) is 6. The minimum Gasteiger partial charge on any atom is -0.463 e. The third kappa shape index (κ3) is 32.4. The first kappa shape index (κ1) is 53.7. The van der Waals surface area contributed by atoms with Crippen molar-refractivity contribution in [2.24, 2.45) is 0 Å². The molecule has 326 valence electrons. The number of rotatable bonds is 45. The summed E-state index contributed by atoms with van der Waals surface area (Å²) in [4.78, 5) is 39.4. The zero-order valence-electron chi connectivity index (χ0n) is 37.1. The van der Waals surface area contributed by atoms with Crippen LogP contribution in [-0.2, 0) is 19.1 Å². The first-order valence-electron chi connectivity index (χ1n) is 24.5. The van der Waals surface area contributed by atoms with Crippen molar-refractivity contribution in [2.75, 3.05) is 6.61 Å². The lowest BCUT2D eigenvalue weighted by atomic mass is 9.82. The third-order valence-electron chi connectivity index (χ3n) is 11.7. The molecule has 1 unspecified atom stereocenters. The van der Waals surface area contributed by atoms with Gasteiger partial charge < -0.3 is 14.9 Å². The normalized spacial score (nSPS) is 12.3. The zero-order valence-corrected chi connectivity index (χ0v) is 37.1. The molecule has 0 aliphatic carbocycles. The van der Waals surface area contributed by atoms with E-state index in [1.54, 1.807) is 0 Å². The number of esters is 1. The maximum atomic E-state index is 13.4. The molecule has 2 N–H and O–H groups in total. The van der Waals surface area contributed by atoms with E-state index in [-0.39, 0.29) is 19.3 Å². The molecule has 0 radical (unpaired) electrons. The summed E-state index contributed by atoms with van der Waals surface area (Å²) in [6.45, 7) is 6.20. The molecule has 0 heterocycles. The number of hydrogen-bond donors (Lipinski definition) is 2. The third-order valence-corrected chi connectivity index (χ3v) is 11.7. The van der Waals surface area contributed by atoms with Crippen LogP contribution in [0.4, 0.5) is 0 Å². The van der Waals surface area contributed by atoms with Crippen LogP contribution in [0.1, 0.15) is 278 Å². The van der Waals surface area contributed by atoms with Gasteiger partial charge in [-0.3, -0.25) is 14.4 Å². The molecule has 0 bridgehead atoms. The van der Waals surface area contributed by atoms with E-state index in [4.69, 9.17) is 4.74 Å². The van der Waals surface area contributed by atoms with Crippen molar-refractivity contribution >= 4 is 17.5 Å². The van der Waals surface area contributed by atoms with Gasteiger partial charge in [-0.2, -0.15) is 0 Å². The number of carbonyl (C=O) groups is 3. The first-order chi connectivity index (χ1) is 26.8. The number of unbranched alkanes of at least 4 members (excludes halogenated alkanes) is 34. The minimum absolute atomic E-state index is 0.0440. The molecule has 0 amide bonds. The summed E-state index contributed by atoms with van der Waals surface area (Å²) in [6.07, 6.45) is 42.3. The molecule has 0 aliphatic rings. The van der Waals surface area contributed by atoms with Crippen LogP contribution in [0.15, 0.2) is 0 Å². The second-order valence-corrected chi connectivity index (χ2v) is 17.1. The minimum atomic E-state index is -2.52. The number of carbonyl (C=O) groups excluding carboxylic acids is 3. The van der Waals surface area contributed by atoms with E-state index in [1.165, 1.54) is 167 Å². The maximum absolute atomic E-state index is 13.4. The van der Waals surface area contributed by atoms with Crippen LogP contribution >= 0.6 is 0 Å². The number of ketones is 2. The standard InChI is InChI=1S/C49H94O6/c1-4-7-10-13-16-19-22-24-27-29-32-35-38-41-45(50)49(54,46(51)42-39-36-33-30-28-25-23-20-17-14-11-8-5-2)47(52)44-55-48(53)43-40-37-34-31-26-21-18-15-12-9-6-3/h47,52,54H,4-44H2,1-3H3. The van der Waals surface area contributed by atoms with E-state index in [0.717, 1.165) is 51.4 Å². The summed E-state index contributed by atoms with van der Waals surface area (Å²) in [5.41, 5.74) is -2.52. The van der Waals surface area contributed by atoms with Gasteiger partial charge >= 0.3 is 5.97 Å². The van der Waals surface area contributed by atoms with Gasteiger partial charge in [-0.15, -0.1) is 0 Å². The van der Waals surface area contributed by atoms with Crippen molar-refractivity contribution in [1.82, 2.24) is 0 Å². The van der Waals surface area contributed by atoms with Gasteiger partial charge in [0, 0.05) is 19.3 Å². The Bertz CT molecular complexity index is 814. The van der Waals surface area contributed by atoms with Crippen LogP contribution in [0.5, 0.6) is 0 Å². The Morgan fingerprint density at radius 2 is 0.600 bits per heavy atom. The quantitative estimate of drug-likeness (QED) is 0.0363. The molecule has 0 aromatic carbocycles. The lowest BCUT2D eigenvalue weighted by Gasteiger charge is -2.30. The Morgan fingerprint density at radius 1 is 0.382 bits per heavy atom. The summed E-state index contributed by atoms with van der Waals surface area (Å²) in [6, 6.07) is 0. The van der Waals surface area contributed by atoms with Gasteiger partial charge in [-0.05, 0) is 19.3 Å². The molecule has 55 heavy (non-hydrogen) atoms. The Labute approximate surface area is 341 Å². The molecular weight excluding hydrogens is 685 g/mol. The van der Waals surface area contributed by atoms with Gasteiger partial charge in [0.25, 0.3) is 0 Å². The molecule has 6 heteroatoms. The van der Waals surface area contributed by atoms with Crippen molar-refractivity contribution in [3.05, 3.63) is 0 Å². The van der Waals surface area contributed by atoms with Crippen LogP contribution in [0.3, 0.4) is 0 Å². The summed E-state index contributed by atoms with van der Waals surface area (Å²) < 4.78 is 5.33. The van der Waals surface area contributed by atoms with E-state index in [2.05, 4.69) is 20.8 Å². The summed E-state index contributed by atoms with van der Waals surface area (Å²) in [7, 11) is 0. The van der Waals surface area contributed by atoms with Crippen LogP contribution in [-0.4, -0.2) is 46.1 Å². The summed E-state index contributed by atoms with van der Waals surface area (Å²) >= 11 is 0. The summed E-state index contributed by atoms with van der Waals surface area (Å²) in [5, 5.41) is 22.6. The van der Waals surface area contributed by atoms with E-state index in [0.29, 0.717) is 19.3 Å². The number of aliphatic hydroxyl groups is 2. The van der Waals surface area contributed by atoms with Crippen LogP contribution in [0, 0.1) is 0 Å². The fraction of sp³-hybridized carbons (Fsp3) is 0.939. The maximum Gasteiger partial charge on any atom is 0.305 e. The molecule has 6 nitrogen and oxygen atoms in total. The van der Waals surface area contributed by atoms with Gasteiger partial charge in [0.15, 0.2) is 11.6 Å². The Kier molecular flexibility index (Phi) is 40.0. The van der Waals surface area contributed by atoms with Gasteiger partial charge in [0.1, 0.15) is 12.7 Å². The predicted octanol–water partition coefficient (Wildman–Crippen LogP) is 14.4. The van der Waals surface area contributed by atoms with Crippen LogP contribution in [0.25, 0.3) is 0 Å². The van der Waals surface area contributed by atoms with Crippen molar-refractivity contribution in [1.29, 1.82) is 0 Å². The lowest BCUT2D eigenvalue weighted by molar-refractivity contribution is -0.172. The highest BCUT2D eigenvalue weighted by Crippen LogP contribution is 2.24. The van der Waals surface area contributed by atoms with E-state index in [1.807, 2.05) is 0 Å². The highest BCUT2D eigenvalue weighted by molar-refractivity contribution is 6.10. The van der Waals surface area contributed by atoms with Gasteiger partial charge in [0.2, 0.25) is 5.60 Å². The van der Waals surface area contributed by atoms with Gasteiger partial charge in [-0.1, -0.05) is 239 Å². The highest BCUT2D eigenvalue weighted by atomic mass is 16.5. The highest BCUT2D eigenvalue weighted by Gasteiger charge is 2.49. The molecule has 0 rings (SSSR count). The molecular formula is C49H94O6. The zero-order chi connectivity index (χ0) is 40.5. The lowest BCUT2D eigenvalue weighted by Crippen LogP contribution is -2.57. The Morgan fingerprint density at radius 3 is 0.855 bits per heavy atom. The van der Waals surface area contributed by atoms with Crippen molar-refractivity contribution < 1.29 is 29.3 Å². The predicted molar refractivity (Wildman–Crippen MR) is 234 cm³/mol. The summed E-state index contributed by atoms with van der Waals surface area (Å²) in [5.74, 6) is -1.72. The Hall–Kier alpha value is -1.27. The van der Waals surface area contributed by atoms with Crippen LogP contribution in [0.2, 0.25) is 0 Å². The SMILES string of the molecule is CCCCCCCCCCCCCCCC(=O)C(O)(C(=O)CCCCCCCCCCCCCCC)C(O)COC(=O)CCCCCCCCCCCCC. The molecule has 0 spiro atoms. The smallest absolute Gasteiger partial charge is 0.305 e. The van der Waals surface area contributed by atoms with Crippen molar-refractivity contribution in [3.63, 3.8) is 0 Å². The molecule has 0 fully saturated rings. The molecule has 0 aromatic rings. The molecule has 0 saturated carbocycles. The second kappa shape index (κ2) is 40.9. The van der Waals surface area contributed by atoms with Gasteiger partial charge in [-0.25, -0.2) is 0 Å². The largest absolute Gasteiger partial charge is 0.463 e. The molecule has 0 aliphatic heterocycles. The fourth-order valence-electron chi connectivity index (χ4n) is 7.81. The van der Waals surface area contributed by atoms with Crippen molar-refractivity contribution in [2.45, 2.75) is 289 Å². The van der Waals surface area contributed by atoms with E-state index < -0.39 is 35.8 Å².